The van der Waals surface area contributed by atoms with Crippen molar-refractivity contribution < 1.29 is 9.36 Å². The zero-order valence-corrected chi connectivity index (χ0v) is 15.4. The largest absolute Gasteiger partial charge is 0.377 e. The van der Waals surface area contributed by atoms with Crippen LogP contribution in [0.2, 0.25) is 0 Å². The number of nitrogens with one attached hydrogen (secondary N) is 1. The normalized spacial score (nSPS) is 10.6. The standard InChI is InChI=1S/C19H16BrN4O/c1-23(2)17-7-9-24(10-8-17)18(11-14(12-21)13-22)19(25)15-3-5-16(20)6-4-15/h3-11,21H,1-2H3/q+1. The number of nitrogens with zero attached hydrogens (tertiary/aromatic N) is 3. The second-order valence-corrected chi connectivity index (χ2v) is 6.29. The number of pyridine rings is 1. The van der Waals surface area contributed by atoms with E-state index in [-0.39, 0.29) is 17.1 Å². The van der Waals surface area contributed by atoms with Crippen LogP contribution in [-0.2, 0) is 0 Å². The lowest BCUT2D eigenvalue weighted by molar-refractivity contribution is -0.576. The number of allylic oxidation sites excluding steroid dienone is 3. The first kappa shape index (κ1) is 18.3. The Morgan fingerprint density at radius 2 is 1.80 bits per heavy atom. The van der Waals surface area contributed by atoms with Gasteiger partial charge in [0.25, 0.3) is 11.5 Å². The summed E-state index contributed by atoms with van der Waals surface area (Å²) in [5.41, 5.74) is 1.71. The van der Waals surface area contributed by atoms with Crippen molar-refractivity contribution >= 4 is 39.0 Å². The number of nitriles is 1. The molecule has 0 spiro atoms. The van der Waals surface area contributed by atoms with Gasteiger partial charge in [0, 0.05) is 48.0 Å². The molecular formula is C19H16BrN4O+. The van der Waals surface area contributed by atoms with E-state index in [0.717, 1.165) is 10.2 Å². The Bertz CT molecular complexity index is 900. The topological polar surface area (TPSA) is 71.8 Å². The van der Waals surface area contributed by atoms with Crippen LogP contribution in [0, 0.1) is 16.7 Å². The number of benzene rings is 1. The molecule has 0 saturated carbocycles. The van der Waals surface area contributed by atoms with Gasteiger partial charge >= 0.3 is 0 Å². The van der Waals surface area contributed by atoms with E-state index in [0.29, 0.717) is 5.56 Å². The fourth-order valence-electron chi connectivity index (χ4n) is 2.12. The number of hydrogen-bond acceptors (Lipinski definition) is 4. The fraction of sp³-hybridized carbons (Fsp3) is 0.105. The lowest BCUT2D eigenvalue weighted by atomic mass is 10.1. The summed E-state index contributed by atoms with van der Waals surface area (Å²) in [6, 6.07) is 12.6. The first-order valence-corrected chi connectivity index (χ1v) is 8.16. The van der Waals surface area contributed by atoms with Crippen LogP contribution in [0.3, 0.4) is 0 Å². The van der Waals surface area contributed by atoms with E-state index in [4.69, 9.17) is 10.7 Å². The molecule has 0 fully saturated rings. The molecule has 5 nitrogen and oxygen atoms in total. The molecule has 124 valence electrons. The zero-order chi connectivity index (χ0) is 18.4. The van der Waals surface area contributed by atoms with Crippen LogP contribution in [0.25, 0.3) is 5.70 Å². The molecule has 1 aromatic heterocycles. The van der Waals surface area contributed by atoms with Crippen molar-refractivity contribution in [1.82, 2.24) is 0 Å². The molecule has 0 aliphatic rings. The number of rotatable bonds is 5. The third-order valence-electron chi connectivity index (χ3n) is 3.48. The van der Waals surface area contributed by atoms with Crippen molar-refractivity contribution in [2.45, 2.75) is 0 Å². The first-order chi connectivity index (χ1) is 12.0. The van der Waals surface area contributed by atoms with Gasteiger partial charge < -0.3 is 4.90 Å². The quantitative estimate of drug-likeness (QED) is 0.211. The summed E-state index contributed by atoms with van der Waals surface area (Å²) in [6.45, 7) is 0. The maximum Gasteiger partial charge on any atom is 0.260 e. The first-order valence-electron chi connectivity index (χ1n) is 7.37. The third kappa shape index (κ3) is 4.51. The molecule has 1 heterocycles. The van der Waals surface area contributed by atoms with Gasteiger partial charge in [-0.2, -0.15) is 9.83 Å². The molecule has 1 aromatic carbocycles. The molecule has 1 N–H and O–H groups in total. The van der Waals surface area contributed by atoms with E-state index >= 15 is 0 Å². The van der Waals surface area contributed by atoms with E-state index in [2.05, 4.69) is 15.9 Å². The van der Waals surface area contributed by atoms with Crippen LogP contribution in [0.15, 0.2) is 64.9 Å². The number of halogens is 1. The Hall–Kier alpha value is -3.00. The number of carbonyl (C=O) groups is 1. The summed E-state index contributed by atoms with van der Waals surface area (Å²) in [4.78, 5) is 14.9. The molecule has 6 heteroatoms. The minimum absolute atomic E-state index is 0.0235. The summed E-state index contributed by atoms with van der Waals surface area (Å²) in [5, 5.41) is 16.3. The molecule has 0 radical (unpaired) electrons. The highest BCUT2D eigenvalue weighted by Gasteiger charge is 2.22. The summed E-state index contributed by atoms with van der Waals surface area (Å²) in [5.74, 6) is 1.79. The van der Waals surface area contributed by atoms with E-state index in [1.807, 2.05) is 43.1 Å². The number of aromatic nitrogens is 1. The van der Waals surface area contributed by atoms with Crippen LogP contribution >= 0.6 is 15.9 Å². The Morgan fingerprint density at radius 1 is 1.20 bits per heavy atom. The van der Waals surface area contributed by atoms with Gasteiger partial charge in [-0.3, -0.25) is 10.2 Å². The van der Waals surface area contributed by atoms with Crippen molar-refractivity contribution in [3.05, 3.63) is 70.5 Å². The maximum atomic E-state index is 12.9. The maximum absolute atomic E-state index is 12.9. The van der Waals surface area contributed by atoms with E-state index in [1.54, 1.807) is 41.2 Å². The summed E-state index contributed by atoms with van der Waals surface area (Å²) < 4.78 is 2.50. The van der Waals surface area contributed by atoms with Gasteiger partial charge in [0.15, 0.2) is 12.4 Å². The number of hydrogen-bond donors (Lipinski definition) is 1. The number of carbonyl (C=O) groups excluding carboxylic acids is 1. The number of Topliss-reactive ketones (excluding diaryl/α,β-unsaturated/α-hetero) is 1. The highest BCUT2D eigenvalue weighted by atomic mass is 79.9. The second kappa shape index (κ2) is 8.20. The molecule has 2 rings (SSSR count). The molecule has 0 unspecified atom stereocenters. The SMILES string of the molecule is CN(C)c1cc[n+](C(=CC(=C=N)C#N)C(=O)c2ccc(Br)cc2)cc1. The van der Waals surface area contributed by atoms with Gasteiger partial charge in [0.1, 0.15) is 11.6 Å². The second-order valence-electron chi connectivity index (χ2n) is 5.37. The van der Waals surface area contributed by atoms with Gasteiger partial charge in [-0.05, 0) is 30.1 Å². The van der Waals surface area contributed by atoms with Gasteiger partial charge in [0.2, 0.25) is 0 Å². The van der Waals surface area contributed by atoms with E-state index < -0.39 is 0 Å². The number of ketones is 1. The van der Waals surface area contributed by atoms with Crippen LogP contribution in [0.4, 0.5) is 5.69 Å². The van der Waals surface area contributed by atoms with Gasteiger partial charge in [-0.15, -0.1) is 0 Å². The minimum Gasteiger partial charge on any atom is -0.377 e. The highest BCUT2D eigenvalue weighted by Crippen LogP contribution is 2.15. The van der Waals surface area contributed by atoms with Crippen molar-refractivity contribution in [1.29, 1.82) is 10.7 Å². The molecular weight excluding hydrogens is 380 g/mol. The van der Waals surface area contributed by atoms with Crippen LogP contribution in [-0.4, -0.2) is 25.7 Å². The Labute approximate surface area is 154 Å². The smallest absolute Gasteiger partial charge is 0.260 e. The fourth-order valence-corrected chi connectivity index (χ4v) is 2.38. The van der Waals surface area contributed by atoms with Crippen molar-refractivity contribution in [3.63, 3.8) is 0 Å². The average Bonchev–Trinajstić information content (AvgIpc) is 2.63. The zero-order valence-electron chi connectivity index (χ0n) is 13.8. The van der Waals surface area contributed by atoms with Crippen molar-refractivity contribution in [2.75, 3.05) is 19.0 Å². The van der Waals surface area contributed by atoms with Crippen molar-refractivity contribution in [3.8, 4) is 6.07 Å². The Balaban J connectivity index is 2.54. The minimum atomic E-state index is -0.252. The summed E-state index contributed by atoms with van der Waals surface area (Å²) in [7, 11) is 3.85. The van der Waals surface area contributed by atoms with Crippen LogP contribution < -0.4 is 9.47 Å². The average molecular weight is 396 g/mol. The molecule has 0 saturated heterocycles. The van der Waals surface area contributed by atoms with Crippen LogP contribution in [0.5, 0.6) is 0 Å². The Kier molecular flexibility index (Phi) is 6.02. The van der Waals surface area contributed by atoms with E-state index in [9.17, 15) is 4.79 Å². The summed E-state index contributed by atoms with van der Waals surface area (Å²) in [6.07, 6.45) is 4.86. The lowest BCUT2D eigenvalue weighted by Gasteiger charge is -2.10. The predicted octanol–water partition coefficient (Wildman–Crippen LogP) is 3.22. The lowest BCUT2D eigenvalue weighted by Crippen LogP contribution is -2.36. The molecule has 0 atom stereocenters. The molecule has 0 bridgehead atoms. The molecule has 25 heavy (non-hydrogen) atoms. The van der Waals surface area contributed by atoms with Gasteiger partial charge in [-0.1, -0.05) is 15.9 Å². The molecule has 0 amide bonds. The highest BCUT2D eigenvalue weighted by molar-refractivity contribution is 9.10. The van der Waals surface area contributed by atoms with Gasteiger partial charge in [-0.25, -0.2) is 0 Å². The third-order valence-corrected chi connectivity index (χ3v) is 4.01. The van der Waals surface area contributed by atoms with Gasteiger partial charge in [0.05, 0.1) is 0 Å². The molecule has 0 aliphatic heterocycles. The summed E-state index contributed by atoms with van der Waals surface area (Å²) >= 11 is 3.34. The predicted molar refractivity (Wildman–Crippen MR) is 101 cm³/mol. The molecule has 0 aliphatic carbocycles. The molecule has 2 aromatic rings. The van der Waals surface area contributed by atoms with Crippen molar-refractivity contribution in [2.24, 2.45) is 0 Å². The van der Waals surface area contributed by atoms with E-state index in [1.165, 1.54) is 6.08 Å². The van der Waals surface area contributed by atoms with Crippen LogP contribution in [0.1, 0.15) is 10.4 Å². The monoisotopic (exact) mass is 395 g/mol. The Morgan fingerprint density at radius 3 is 2.28 bits per heavy atom. The number of anilines is 1.